The fourth-order valence-electron chi connectivity index (χ4n) is 2.09. The van der Waals surface area contributed by atoms with Gasteiger partial charge in [0.05, 0.1) is 6.10 Å². The molecule has 1 fully saturated rings. The average Bonchev–Trinajstić information content (AvgIpc) is 2.10. The van der Waals surface area contributed by atoms with E-state index in [9.17, 15) is 0 Å². The second kappa shape index (κ2) is 4.75. The Hall–Kier alpha value is -0.370. The summed E-state index contributed by atoms with van der Waals surface area (Å²) in [4.78, 5) is 4.14. The number of nitrogens with zero attached hydrogens (tertiary/aromatic N) is 1. The smallest absolute Gasteiger partial charge is 0.0575 e. The van der Waals surface area contributed by atoms with Crippen LogP contribution in [-0.2, 0) is 4.74 Å². The van der Waals surface area contributed by atoms with Crippen LogP contribution in [0.5, 0.6) is 0 Å². The molecular formula is C11H21NO. The van der Waals surface area contributed by atoms with E-state index >= 15 is 0 Å². The van der Waals surface area contributed by atoms with Crippen molar-refractivity contribution < 1.29 is 4.74 Å². The minimum absolute atomic E-state index is 0.336. The molecule has 1 aliphatic rings. The highest BCUT2D eigenvalue weighted by Gasteiger charge is 2.29. The summed E-state index contributed by atoms with van der Waals surface area (Å²) in [5.74, 6) is 0. The predicted molar refractivity (Wildman–Crippen MR) is 56.4 cm³/mol. The molecule has 76 valence electrons. The number of hydrogen-bond donors (Lipinski definition) is 0. The molecule has 2 nitrogen and oxygen atoms in total. The van der Waals surface area contributed by atoms with Crippen molar-refractivity contribution in [2.45, 2.75) is 45.6 Å². The van der Waals surface area contributed by atoms with Crippen LogP contribution < -0.4 is 0 Å². The van der Waals surface area contributed by atoms with Crippen molar-refractivity contribution >= 4 is 6.21 Å². The molecule has 0 aliphatic heterocycles. The SMILES string of the molecule is CCOC1CCC(C)(C=NC)CC1. The molecule has 0 radical (unpaired) electrons. The summed E-state index contributed by atoms with van der Waals surface area (Å²) in [7, 11) is 1.86. The summed E-state index contributed by atoms with van der Waals surface area (Å²) < 4.78 is 5.61. The van der Waals surface area contributed by atoms with E-state index in [-0.39, 0.29) is 0 Å². The molecule has 0 amide bonds. The van der Waals surface area contributed by atoms with Crippen molar-refractivity contribution in [3.63, 3.8) is 0 Å². The Morgan fingerprint density at radius 3 is 2.54 bits per heavy atom. The monoisotopic (exact) mass is 183 g/mol. The highest BCUT2D eigenvalue weighted by Crippen LogP contribution is 2.35. The first-order chi connectivity index (χ1) is 6.20. The Bertz CT molecular complexity index is 169. The van der Waals surface area contributed by atoms with Crippen LogP contribution in [0.15, 0.2) is 4.99 Å². The fourth-order valence-corrected chi connectivity index (χ4v) is 2.09. The van der Waals surface area contributed by atoms with Crippen LogP contribution in [0.25, 0.3) is 0 Å². The van der Waals surface area contributed by atoms with Crippen molar-refractivity contribution in [2.75, 3.05) is 13.7 Å². The van der Waals surface area contributed by atoms with Crippen LogP contribution in [0.1, 0.15) is 39.5 Å². The second-order valence-electron chi connectivity index (χ2n) is 4.20. The lowest BCUT2D eigenvalue weighted by Crippen LogP contribution is -2.29. The van der Waals surface area contributed by atoms with Gasteiger partial charge in [0.25, 0.3) is 0 Å². The molecule has 0 bridgehead atoms. The lowest BCUT2D eigenvalue weighted by atomic mass is 9.75. The molecule has 0 atom stereocenters. The maximum absolute atomic E-state index is 5.61. The maximum atomic E-state index is 5.61. The van der Waals surface area contributed by atoms with Gasteiger partial charge in [-0.25, -0.2) is 0 Å². The summed E-state index contributed by atoms with van der Waals surface area (Å²) in [6.45, 7) is 5.21. The van der Waals surface area contributed by atoms with Crippen molar-refractivity contribution in [3.05, 3.63) is 0 Å². The van der Waals surface area contributed by atoms with Crippen molar-refractivity contribution in [2.24, 2.45) is 10.4 Å². The molecule has 0 heterocycles. The van der Waals surface area contributed by atoms with Gasteiger partial charge in [-0.3, -0.25) is 0 Å². The normalized spacial score (nSPS) is 35.5. The predicted octanol–water partition coefficient (Wildman–Crippen LogP) is 2.67. The van der Waals surface area contributed by atoms with Crippen LogP contribution in [0.3, 0.4) is 0 Å². The van der Waals surface area contributed by atoms with Crippen LogP contribution in [0.4, 0.5) is 0 Å². The highest BCUT2D eigenvalue weighted by atomic mass is 16.5. The summed E-state index contributed by atoms with van der Waals surface area (Å²) in [5, 5.41) is 0. The Balaban J connectivity index is 2.37. The van der Waals surface area contributed by atoms with Gasteiger partial charge in [-0.2, -0.15) is 0 Å². The lowest BCUT2D eigenvalue weighted by Gasteiger charge is -2.34. The second-order valence-corrected chi connectivity index (χ2v) is 4.20. The van der Waals surface area contributed by atoms with E-state index < -0.39 is 0 Å². The zero-order valence-corrected chi connectivity index (χ0v) is 9.05. The van der Waals surface area contributed by atoms with E-state index in [1.807, 2.05) is 7.05 Å². The van der Waals surface area contributed by atoms with E-state index in [2.05, 4.69) is 25.1 Å². The number of hydrogen-bond acceptors (Lipinski definition) is 2. The summed E-state index contributed by atoms with van der Waals surface area (Å²) in [6.07, 6.45) is 7.43. The van der Waals surface area contributed by atoms with E-state index in [0.29, 0.717) is 11.5 Å². The third kappa shape index (κ3) is 3.11. The zero-order chi connectivity index (χ0) is 9.73. The standard InChI is InChI=1S/C11H21NO/c1-4-13-10-5-7-11(2,8-6-10)9-12-3/h9-10H,4-8H2,1-3H3. The number of aliphatic imine (C=N–C) groups is 1. The van der Waals surface area contributed by atoms with Gasteiger partial charge in [-0.1, -0.05) is 6.92 Å². The van der Waals surface area contributed by atoms with Crippen LogP contribution in [0, 0.1) is 5.41 Å². The van der Waals surface area contributed by atoms with Gasteiger partial charge in [0.2, 0.25) is 0 Å². The van der Waals surface area contributed by atoms with Gasteiger partial charge in [0.15, 0.2) is 0 Å². The number of ether oxygens (including phenoxy) is 1. The molecule has 0 aromatic rings. The summed E-state index contributed by atoms with van der Waals surface area (Å²) in [6, 6.07) is 0. The highest BCUT2D eigenvalue weighted by molar-refractivity contribution is 5.65. The molecule has 1 rings (SSSR count). The minimum Gasteiger partial charge on any atom is -0.379 e. The molecule has 0 aromatic carbocycles. The van der Waals surface area contributed by atoms with E-state index in [4.69, 9.17) is 4.74 Å². The Morgan fingerprint density at radius 2 is 2.08 bits per heavy atom. The Labute approximate surface area is 81.4 Å². The topological polar surface area (TPSA) is 21.6 Å². The third-order valence-electron chi connectivity index (χ3n) is 2.92. The van der Waals surface area contributed by atoms with Gasteiger partial charge in [-0.15, -0.1) is 0 Å². The lowest BCUT2D eigenvalue weighted by molar-refractivity contribution is 0.0206. The summed E-state index contributed by atoms with van der Waals surface area (Å²) in [5.41, 5.74) is 0.336. The van der Waals surface area contributed by atoms with E-state index in [1.54, 1.807) is 0 Å². The fraction of sp³-hybridized carbons (Fsp3) is 0.909. The quantitative estimate of drug-likeness (QED) is 0.616. The molecule has 13 heavy (non-hydrogen) atoms. The molecular weight excluding hydrogens is 162 g/mol. The van der Waals surface area contributed by atoms with Crippen LogP contribution in [-0.4, -0.2) is 26.0 Å². The largest absolute Gasteiger partial charge is 0.379 e. The van der Waals surface area contributed by atoms with Crippen molar-refractivity contribution in [1.29, 1.82) is 0 Å². The molecule has 0 saturated heterocycles. The number of rotatable bonds is 3. The van der Waals surface area contributed by atoms with Crippen molar-refractivity contribution in [3.8, 4) is 0 Å². The Morgan fingerprint density at radius 1 is 1.46 bits per heavy atom. The van der Waals surface area contributed by atoms with Gasteiger partial charge in [0, 0.05) is 25.3 Å². The average molecular weight is 183 g/mol. The van der Waals surface area contributed by atoms with Crippen LogP contribution >= 0.6 is 0 Å². The van der Waals surface area contributed by atoms with Crippen LogP contribution in [0.2, 0.25) is 0 Å². The third-order valence-corrected chi connectivity index (χ3v) is 2.92. The molecule has 1 aliphatic carbocycles. The minimum atomic E-state index is 0.336. The molecule has 0 unspecified atom stereocenters. The van der Waals surface area contributed by atoms with Gasteiger partial charge in [0.1, 0.15) is 0 Å². The molecule has 2 heteroatoms. The zero-order valence-electron chi connectivity index (χ0n) is 9.05. The first kappa shape index (κ1) is 10.7. The van der Waals surface area contributed by atoms with E-state index in [0.717, 1.165) is 6.61 Å². The maximum Gasteiger partial charge on any atom is 0.0575 e. The van der Waals surface area contributed by atoms with Gasteiger partial charge in [-0.05, 0) is 32.6 Å². The van der Waals surface area contributed by atoms with Crippen molar-refractivity contribution in [1.82, 2.24) is 0 Å². The van der Waals surface area contributed by atoms with Gasteiger partial charge < -0.3 is 9.73 Å². The molecule has 0 aromatic heterocycles. The first-order valence-corrected chi connectivity index (χ1v) is 5.25. The summed E-state index contributed by atoms with van der Waals surface area (Å²) >= 11 is 0. The molecule has 1 saturated carbocycles. The molecule has 0 spiro atoms. The first-order valence-electron chi connectivity index (χ1n) is 5.25. The Kier molecular flexibility index (Phi) is 3.91. The van der Waals surface area contributed by atoms with E-state index in [1.165, 1.54) is 25.7 Å². The van der Waals surface area contributed by atoms with Gasteiger partial charge >= 0.3 is 0 Å². The molecule has 0 N–H and O–H groups in total.